The van der Waals surface area contributed by atoms with Gasteiger partial charge in [-0.05, 0) is 74.1 Å². The second-order valence-corrected chi connectivity index (χ2v) is 8.19. The van der Waals surface area contributed by atoms with Gasteiger partial charge >= 0.3 is 0 Å². The van der Waals surface area contributed by atoms with Crippen molar-refractivity contribution in [1.29, 1.82) is 0 Å². The highest BCUT2D eigenvalue weighted by molar-refractivity contribution is 5.36. The largest absolute Gasteiger partial charge is 0.298 e. The number of hydrogen-bond acceptors (Lipinski definition) is 1. The summed E-state index contributed by atoms with van der Waals surface area (Å²) in [6.07, 6.45) is 8.05. The molecule has 0 amide bonds. The van der Waals surface area contributed by atoms with Crippen LogP contribution >= 0.6 is 0 Å². The maximum Gasteiger partial charge on any atom is 0.0104 e. The summed E-state index contributed by atoms with van der Waals surface area (Å²) in [5.41, 5.74) is 4.99. The average Bonchev–Trinajstić information content (AvgIpc) is 2.73. The molecule has 116 valence electrons. The zero-order valence-corrected chi connectivity index (χ0v) is 14.3. The van der Waals surface area contributed by atoms with Crippen molar-refractivity contribution in [2.24, 2.45) is 0 Å². The van der Waals surface area contributed by atoms with Crippen LogP contribution in [0.4, 0.5) is 0 Å². The van der Waals surface area contributed by atoms with E-state index in [-0.39, 0.29) is 5.41 Å². The highest BCUT2D eigenvalue weighted by Gasteiger charge is 2.29. The van der Waals surface area contributed by atoms with E-state index < -0.39 is 0 Å². The Kier molecular flexibility index (Phi) is 4.14. The first kappa shape index (κ1) is 15.1. The molecule has 21 heavy (non-hydrogen) atoms. The van der Waals surface area contributed by atoms with E-state index >= 15 is 0 Å². The van der Waals surface area contributed by atoms with Crippen LogP contribution in [0.1, 0.15) is 70.1 Å². The van der Waals surface area contributed by atoms with Gasteiger partial charge in [-0.1, -0.05) is 39.0 Å². The number of likely N-dealkylation sites (tertiary alicyclic amines) is 1. The number of benzene rings is 1. The van der Waals surface area contributed by atoms with Crippen LogP contribution < -0.4 is 0 Å². The first-order valence-electron chi connectivity index (χ1n) is 8.83. The van der Waals surface area contributed by atoms with E-state index in [1.807, 2.05) is 0 Å². The van der Waals surface area contributed by atoms with Gasteiger partial charge in [-0.2, -0.15) is 0 Å². The molecule has 1 nitrogen and oxygen atoms in total. The molecular formula is C20H31N. The van der Waals surface area contributed by atoms with Gasteiger partial charge in [-0.25, -0.2) is 0 Å². The lowest BCUT2D eigenvalue weighted by Crippen LogP contribution is -2.37. The lowest BCUT2D eigenvalue weighted by molar-refractivity contribution is 0.174. The second-order valence-electron chi connectivity index (χ2n) is 8.19. The van der Waals surface area contributed by atoms with Crippen molar-refractivity contribution in [3.63, 3.8) is 0 Å². The Balaban J connectivity index is 1.76. The van der Waals surface area contributed by atoms with Crippen LogP contribution in [0.5, 0.6) is 0 Å². The zero-order chi connectivity index (χ0) is 15.0. The maximum absolute atomic E-state index is 2.79. The molecule has 1 aromatic carbocycles. The molecule has 3 rings (SSSR count). The summed E-state index contributed by atoms with van der Waals surface area (Å²) >= 11 is 0. The van der Waals surface area contributed by atoms with Gasteiger partial charge in [0.25, 0.3) is 0 Å². The number of nitrogens with zero attached hydrogens (tertiary/aromatic N) is 1. The first-order chi connectivity index (χ1) is 9.95. The van der Waals surface area contributed by atoms with E-state index in [9.17, 15) is 0 Å². The first-order valence-corrected chi connectivity index (χ1v) is 8.83. The minimum absolute atomic E-state index is 0.268. The van der Waals surface area contributed by atoms with E-state index in [0.29, 0.717) is 0 Å². The summed E-state index contributed by atoms with van der Waals surface area (Å²) < 4.78 is 0. The standard InChI is InChI=1S/C20H31N/c1-15-6-5-13-21(15)19-11-8-16-7-10-18(20(2,3)4)14-17(16)9-12-19/h7,10,14-15,19H,5-6,8-9,11-13H2,1-4H3/t15-,19?/m1/s1. The third kappa shape index (κ3) is 3.18. The Morgan fingerprint density at radius 2 is 1.71 bits per heavy atom. The van der Waals surface area contributed by atoms with Gasteiger partial charge in [-0.15, -0.1) is 0 Å². The Labute approximate surface area is 130 Å². The molecule has 1 unspecified atom stereocenters. The van der Waals surface area contributed by atoms with E-state index in [2.05, 4.69) is 50.8 Å². The van der Waals surface area contributed by atoms with E-state index in [1.54, 1.807) is 11.1 Å². The van der Waals surface area contributed by atoms with Crippen LogP contribution in [0.2, 0.25) is 0 Å². The molecule has 0 radical (unpaired) electrons. The van der Waals surface area contributed by atoms with Crippen LogP contribution in [0.3, 0.4) is 0 Å². The molecule has 1 fully saturated rings. The maximum atomic E-state index is 2.79. The quantitative estimate of drug-likeness (QED) is 0.675. The Morgan fingerprint density at radius 1 is 1.00 bits per heavy atom. The lowest BCUT2D eigenvalue weighted by atomic mass is 9.84. The fraction of sp³-hybridized carbons (Fsp3) is 0.700. The number of rotatable bonds is 1. The highest BCUT2D eigenvalue weighted by atomic mass is 15.2. The molecule has 0 bridgehead atoms. The second kappa shape index (κ2) is 5.76. The van der Waals surface area contributed by atoms with E-state index in [1.165, 1.54) is 50.6 Å². The van der Waals surface area contributed by atoms with Crippen LogP contribution in [0, 0.1) is 0 Å². The van der Waals surface area contributed by atoms with Crippen molar-refractivity contribution >= 4 is 0 Å². The van der Waals surface area contributed by atoms with Gasteiger partial charge in [0.1, 0.15) is 0 Å². The fourth-order valence-corrected chi connectivity index (χ4v) is 4.19. The van der Waals surface area contributed by atoms with Crippen molar-refractivity contribution in [2.75, 3.05) is 6.54 Å². The van der Waals surface area contributed by atoms with Crippen LogP contribution in [0.25, 0.3) is 0 Å². The molecule has 0 saturated carbocycles. The van der Waals surface area contributed by atoms with Crippen molar-refractivity contribution in [3.05, 3.63) is 34.9 Å². The molecule has 2 atom stereocenters. The average molecular weight is 285 g/mol. The number of aryl methyl sites for hydroxylation is 2. The molecule has 1 saturated heterocycles. The molecular weight excluding hydrogens is 254 g/mol. The van der Waals surface area contributed by atoms with Gasteiger partial charge in [0, 0.05) is 12.1 Å². The molecule has 1 heteroatoms. The third-order valence-electron chi connectivity index (χ3n) is 5.64. The molecule has 0 N–H and O–H groups in total. The van der Waals surface area contributed by atoms with Gasteiger partial charge in [0.05, 0.1) is 0 Å². The van der Waals surface area contributed by atoms with Gasteiger partial charge in [0.2, 0.25) is 0 Å². The van der Waals surface area contributed by atoms with E-state index in [4.69, 9.17) is 0 Å². The molecule has 1 heterocycles. The van der Waals surface area contributed by atoms with Crippen LogP contribution in [-0.2, 0) is 18.3 Å². The van der Waals surface area contributed by atoms with Crippen LogP contribution in [0.15, 0.2) is 18.2 Å². The summed E-state index contributed by atoms with van der Waals surface area (Å²) in [6.45, 7) is 10.7. The molecule has 1 aliphatic carbocycles. The molecule has 2 aliphatic rings. The SMILES string of the molecule is C[C@@H]1CCCN1C1CCc2ccc(C(C)(C)C)cc2CC1. The van der Waals surface area contributed by atoms with Crippen LogP contribution in [-0.4, -0.2) is 23.5 Å². The summed E-state index contributed by atoms with van der Waals surface area (Å²) in [4.78, 5) is 2.79. The highest BCUT2D eigenvalue weighted by Crippen LogP contribution is 2.31. The fourth-order valence-electron chi connectivity index (χ4n) is 4.19. The number of hydrogen-bond donors (Lipinski definition) is 0. The Hall–Kier alpha value is -0.820. The summed E-state index contributed by atoms with van der Waals surface area (Å²) in [5, 5.41) is 0. The minimum Gasteiger partial charge on any atom is -0.298 e. The van der Waals surface area contributed by atoms with Crippen molar-refractivity contribution in [1.82, 2.24) is 4.90 Å². The van der Waals surface area contributed by atoms with Crippen molar-refractivity contribution < 1.29 is 0 Å². The zero-order valence-electron chi connectivity index (χ0n) is 14.3. The van der Waals surface area contributed by atoms with Gasteiger partial charge in [-0.3, -0.25) is 4.90 Å². The van der Waals surface area contributed by atoms with Gasteiger partial charge < -0.3 is 0 Å². The molecule has 0 spiro atoms. The predicted octanol–water partition coefficient (Wildman–Crippen LogP) is 4.72. The molecule has 1 aliphatic heterocycles. The number of fused-ring (bicyclic) bond motifs is 1. The van der Waals surface area contributed by atoms with Crippen molar-refractivity contribution in [2.45, 2.75) is 83.7 Å². The monoisotopic (exact) mass is 285 g/mol. The summed E-state index contributed by atoms with van der Waals surface area (Å²) in [6, 6.07) is 8.88. The normalized spacial score (nSPS) is 27.4. The van der Waals surface area contributed by atoms with Crippen molar-refractivity contribution in [3.8, 4) is 0 Å². The molecule has 1 aromatic rings. The topological polar surface area (TPSA) is 3.24 Å². The summed E-state index contributed by atoms with van der Waals surface area (Å²) in [5.74, 6) is 0. The Bertz CT molecular complexity index is 497. The van der Waals surface area contributed by atoms with E-state index in [0.717, 1.165) is 12.1 Å². The third-order valence-corrected chi connectivity index (χ3v) is 5.64. The predicted molar refractivity (Wildman–Crippen MR) is 91.0 cm³/mol. The summed E-state index contributed by atoms with van der Waals surface area (Å²) in [7, 11) is 0. The van der Waals surface area contributed by atoms with Gasteiger partial charge in [0.15, 0.2) is 0 Å². The minimum atomic E-state index is 0.268. The lowest BCUT2D eigenvalue weighted by Gasteiger charge is -2.30. The smallest absolute Gasteiger partial charge is 0.0104 e. The Morgan fingerprint density at radius 3 is 2.33 bits per heavy atom. The molecule has 0 aromatic heterocycles.